The molecule has 3 aromatic rings. The number of rotatable bonds is 3. The molecule has 2 aromatic heterocycles. The van der Waals surface area contributed by atoms with Gasteiger partial charge in [0.1, 0.15) is 16.5 Å². The number of benzene rings is 1. The van der Waals surface area contributed by atoms with Crippen LogP contribution in [0, 0.1) is 5.41 Å². The van der Waals surface area contributed by atoms with Gasteiger partial charge in [-0.25, -0.2) is 4.98 Å². The molecule has 1 atom stereocenters. The summed E-state index contributed by atoms with van der Waals surface area (Å²) in [6, 6.07) is 7.64. The van der Waals surface area contributed by atoms with Crippen LogP contribution >= 0.6 is 35.0 Å². The van der Waals surface area contributed by atoms with E-state index < -0.39 is 0 Å². The van der Waals surface area contributed by atoms with Crippen LogP contribution in [0.5, 0.6) is 0 Å². The lowest BCUT2D eigenvalue weighted by atomic mass is 9.73. The molecule has 1 fully saturated rings. The zero-order valence-corrected chi connectivity index (χ0v) is 20.9. The molecular weight excluding hydrogens is 493 g/mol. The van der Waals surface area contributed by atoms with Gasteiger partial charge in [0, 0.05) is 42.3 Å². The summed E-state index contributed by atoms with van der Waals surface area (Å²) >= 11 is 13.6. The molecule has 6 N–H and O–H groups in total. The fourth-order valence-corrected chi connectivity index (χ4v) is 6.40. The molecule has 5 rings (SSSR count). The Morgan fingerprint density at radius 2 is 1.88 bits per heavy atom. The van der Waals surface area contributed by atoms with E-state index in [1.807, 2.05) is 12.1 Å². The highest BCUT2D eigenvalue weighted by molar-refractivity contribution is 7.99. The molecule has 0 saturated carbocycles. The number of nitrogen functional groups attached to an aromatic ring is 2. The number of anilines is 3. The summed E-state index contributed by atoms with van der Waals surface area (Å²) in [7, 11) is 1.71. The smallest absolute Gasteiger partial charge is 0.270 e. The molecule has 1 aliphatic carbocycles. The first-order valence-corrected chi connectivity index (χ1v) is 12.5. The summed E-state index contributed by atoms with van der Waals surface area (Å²) in [6.07, 6.45) is 4.25. The van der Waals surface area contributed by atoms with Crippen LogP contribution in [0.2, 0.25) is 10.0 Å². The van der Waals surface area contributed by atoms with E-state index in [1.54, 1.807) is 13.1 Å². The van der Waals surface area contributed by atoms with Crippen molar-refractivity contribution in [1.29, 1.82) is 0 Å². The molecule has 1 aromatic carbocycles. The standard InChI is InChI=1S/C23H25Cl2N7OS/c1-31-21(33)17(34-15-4-7-29-19(27)16(15)25)20(28)30-22(31)32-8-5-23(6-9-32)11-12-2-3-13(24)10-14(12)18(23)26/h2-4,7,10,18H,5-6,8-9,11,26,28H2,1H3,(H2,27,29)/t18-/m1/s1. The minimum atomic E-state index is -0.237. The molecule has 0 unspecified atom stereocenters. The predicted octanol–water partition coefficient (Wildman–Crippen LogP) is 3.64. The quantitative estimate of drug-likeness (QED) is 0.479. The van der Waals surface area contributed by atoms with E-state index in [4.69, 9.17) is 40.4 Å². The average Bonchev–Trinajstić information content (AvgIpc) is 3.08. The minimum absolute atomic E-state index is 0.0122. The van der Waals surface area contributed by atoms with Crippen molar-refractivity contribution in [3.05, 3.63) is 62.0 Å². The second-order valence-electron chi connectivity index (χ2n) is 8.95. The number of fused-ring (bicyclic) bond motifs is 1. The van der Waals surface area contributed by atoms with Crippen LogP contribution in [0.15, 0.2) is 45.0 Å². The van der Waals surface area contributed by atoms with Crippen LogP contribution in [-0.2, 0) is 13.5 Å². The summed E-state index contributed by atoms with van der Waals surface area (Å²) < 4.78 is 1.54. The molecule has 8 nitrogen and oxygen atoms in total. The molecule has 178 valence electrons. The van der Waals surface area contributed by atoms with Crippen molar-refractivity contribution in [2.75, 3.05) is 29.5 Å². The summed E-state index contributed by atoms with van der Waals surface area (Å²) in [6.45, 7) is 1.46. The molecule has 3 heterocycles. The highest BCUT2D eigenvalue weighted by Crippen LogP contribution is 2.51. The van der Waals surface area contributed by atoms with Crippen LogP contribution in [0.1, 0.15) is 30.0 Å². The molecule has 0 radical (unpaired) electrons. The Hall–Kier alpha value is -2.46. The van der Waals surface area contributed by atoms with Gasteiger partial charge in [0.2, 0.25) is 5.95 Å². The normalized spacial score (nSPS) is 18.9. The van der Waals surface area contributed by atoms with Crippen molar-refractivity contribution in [3.8, 4) is 0 Å². The molecule has 1 spiro atoms. The first-order valence-electron chi connectivity index (χ1n) is 10.9. The molecule has 0 amide bonds. The van der Waals surface area contributed by atoms with Gasteiger partial charge in [0.25, 0.3) is 5.56 Å². The Morgan fingerprint density at radius 3 is 2.62 bits per heavy atom. The first kappa shape index (κ1) is 23.3. The lowest BCUT2D eigenvalue weighted by Crippen LogP contribution is -2.46. The first-order chi connectivity index (χ1) is 16.2. The SMILES string of the molecule is Cn1c(N2CCC3(CC2)Cc2ccc(Cl)cc2[C@H]3N)nc(N)c(Sc2ccnc(N)c2Cl)c1=O. The predicted molar refractivity (Wildman–Crippen MR) is 138 cm³/mol. The van der Waals surface area contributed by atoms with Crippen LogP contribution in [0.25, 0.3) is 0 Å². The maximum atomic E-state index is 13.2. The van der Waals surface area contributed by atoms with Gasteiger partial charge in [-0.05, 0) is 54.0 Å². The number of aromatic nitrogens is 3. The Bertz CT molecular complexity index is 1340. The third-order valence-electron chi connectivity index (χ3n) is 7.03. The van der Waals surface area contributed by atoms with E-state index >= 15 is 0 Å². The van der Waals surface area contributed by atoms with Gasteiger partial charge in [-0.1, -0.05) is 41.0 Å². The Kier molecular flexibility index (Phi) is 5.92. The summed E-state index contributed by atoms with van der Waals surface area (Å²) in [5.74, 6) is 0.909. The van der Waals surface area contributed by atoms with E-state index in [1.165, 1.54) is 16.3 Å². The maximum Gasteiger partial charge on any atom is 0.270 e. The van der Waals surface area contributed by atoms with Crippen molar-refractivity contribution < 1.29 is 0 Å². The fraction of sp³-hybridized carbons (Fsp3) is 0.348. The number of piperidine rings is 1. The molecule has 1 saturated heterocycles. The van der Waals surface area contributed by atoms with Gasteiger partial charge < -0.3 is 22.1 Å². The minimum Gasteiger partial charge on any atom is -0.382 e. The van der Waals surface area contributed by atoms with Crippen molar-refractivity contribution in [3.63, 3.8) is 0 Å². The average molecular weight is 518 g/mol. The van der Waals surface area contributed by atoms with Crippen LogP contribution in [-0.4, -0.2) is 27.6 Å². The lowest BCUT2D eigenvalue weighted by Gasteiger charge is -2.42. The lowest BCUT2D eigenvalue weighted by molar-refractivity contribution is 0.186. The van der Waals surface area contributed by atoms with Crippen molar-refractivity contribution in [2.45, 2.75) is 35.1 Å². The molecule has 2 aliphatic rings. The van der Waals surface area contributed by atoms with Crippen molar-refractivity contribution in [1.82, 2.24) is 14.5 Å². The Balaban J connectivity index is 1.38. The second kappa shape index (κ2) is 8.64. The van der Waals surface area contributed by atoms with E-state index in [9.17, 15) is 4.79 Å². The third-order valence-corrected chi connectivity index (χ3v) is 8.92. The van der Waals surface area contributed by atoms with Gasteiger partial charge in [-0.15, -0.1) is 0 Å². The number of nitrogens with zero attached hydrogens (tertiary/aromatic N) is 4. The van der Waals surface area contributed by atoms with Crippen molar-refractivity contribution >= 4 is 52.5 Å². The van der Waals surface area contributed by atoms with Gasteiger partial charge in [-0.3, -0.25) is 9.36 Å². The number of hydrogen-bond acceptors (Lipinski definition) is 8. The fourth-order valence-electron chi connectivity index (χ4n) is 5.07. The Morgan fingerprint density at radius 1 is 1.15 bits per heavy atom. The number of halogens is 2. The highest BCUT2D eigenvalue weighted by atomic mass is 35.5. The van der Waals surface area contributed by atoms with Gasteiger partial charge in [0.05, 0.1) is 5.02 Å². The Labute approximate surface area is 211 Å². The van der Waals surface area contributed by atoms with E-state index in [2.05, 4.69) is 20.9 Å². The van der Waals surface area contributed by atoms with Crippen LogP contribution < -0.4 is 27.7 Å². The molecular formula is C23H25Cl2N7OS. The number of nitrogens with two attached hydrogens (primary N) is 3. The van der Waals surface area contributed by atoms with Gasteiger partial charge >= 0.3 is 0 Å². The van der Waals surface area contributed by atoms with E-state index in [-0.39, 0.29) is 33.7 Å². The maximum absolute atomic E-state index is 13.2. The molecule has 34 heavy (non-hydrogen) atoms. The summed E-state index contributed by atoms with van der Waals surface area (Å²) in [5.41, 5.74) is 20.9. The highest BCUT2D eigenvalue weighted by Gasteiger charge is 2.46. The summed E-state index contributed by atoms with van der Waals surface area (Å²) in [5, 5.41) is 1.00. The molecule has 0 bridgehead atoms. The monoisotopic (exact) mass is 517 g/mol. The zero-order valence-electron chi connectivity index (χ0n) is 18.6. The third kappa shape index (κ3) is 3.80. The molecule has 11 heteroatoms. The molecule has 1 aliphatic heterocycles. The largest absolute Gasteiger partial charge is 0.382 e. The van der Waals surface area contributed by atoms with Gasteiger partial charge in [-0.2, -0.15) is 4.98 Å². The van der Waals surface area contributed by atoms with Crippen LogP contribution in [0.4, 0.5) is 17.6 Å². The van der Waals surface area contributed by atoms with Crippen LogP contribution in [0.3, 0.4) is 0 Å². The number of pyridine rings is 1. The number of hydrogen-bond donors (Lipinski definition) is 3. The van der Waals surface area contributed by atoms with E-state index in [0.717, 1.165) is 49.7 Å². The zero-order chi connectivity index (χ0) is 24.2. The topological polar surface area (TPSA) is 129 Å². The van der Waals surface area contributed by atoms with E-state index in [0.29, 0.717) is 20.8 Å². The summed E-state index contributed by atoms with van der Waals surface area (Å²) in [4.78, 5) is 24.8. The second-order valence-corrected chi connectivity index (χ2v) is 10.8. The van der Waals surface area contributed by atoms with Gasteiger partial charge in [0.15, 0.2) is 0 Å². The van der Waals surface area contributed by atoms with Crippen molar-refractivity contribution in [2.24, 2.45) is 18.2 Å².